The monoisotopic (exact) mass is 293 g/mol. The van der Waals surface area contributed by atoms with Gasteiger partial charge in [-0.1, -0.05) is 29.8 Å². The van der Waals surface area contributed by atoms with Crippen LogP contribution in [0, 0.1) is 5.82 Å². The molecule has 0 aliphatic rings. The van der Waals surface area contributed by atoms with E-state index in [1.165, 1.54) is 12.1 Å². The summed E-state index contributed by atoms with van der Waals surface area (Å²) in [6.45, 7) is 1.89. The Morgan fingerprint density at radius 1 is 1.30 bits per heavy atom. The molecule has 0 heterocycles. The zero-order chi connectivity index (χ0) is 14.7. The number of halogens is 2. The van der Waals surface area contributed by atoms with Gasteiger partial charge in [0.1, 0.15) is 5.82 Å². The average molecular weight is 294 g/mol. The van der Waals surface area contributed by atoms with Crippen molar-refractivity contribution in [2.75, 3.05) is 5.32 Å². The fraction of sp³-hybridized carbons (Fsp3) is 0.133. The Morgan fingerprint density at radius 2 is 2.00 bits per heavy atom. The summed E-state index contributed by atoms with van der Waals surface area (Å²) < 4.78 is 13.3. The Bertz CT molecular complexity index is 646. The zero-order valence-electron chi connectivity index (χ0n) is 10.7. The van der Waals surface area contributed by atoms with Crippen molar-refractivity contribution < 1.29 is 14.3 Å². The van der Waals surface area contributed by atoms with Gasteiger partial charge in [-0.05, 0) is 36.8 Å². The van der Waals surface area contributed by atoms with Crippen molar-refractivity contribution in [2.24, 2.45) is 0 Å². The van der Waals surface area contributed by atoms with Crippen LogP contribution in [0.2, 0.25) is 5.02 Å². The van der Waals surface area contributed by atoms with E-state index in [2.05, 4.69) is 5.32 Å². The van der Waals surface area contributed by atoms with E-state index in [0.29, 0.717) is 10.7 Å². The summed E-state index contributed by atoms with van der Waals surface area (Å²) in [5.74, 6) is -2.05. The van der Waals surface area contributed by atoms with Gasteiger partial charge in [0.2, 0.25) is 0 Å². The number of anilines is 1. The number of carbonyl (C=O) groups is 1. The quantitative estimate of drug-likeness (QED) is 0.881. The van der Waals surface area contributed by atoms with Crippen LogP contribution in [-0.2, 0) is 0 Å². The fourth-order valence-corrected chi connectivity index (χ4v) is 2.23. The molecule has 20 heavy (non-hydrogen) atoms. The van der Waals surface area contributed by atoms with E-state index in [0.717, 1.165) is 11.6 Å². The van der Waals surface area contributed by atoms with E-state index in [9.17, 15) is 9.18 Å². The van der Waals surface area contributed by atoms with Crippen molar-refractivity contribution in [3.8, 4) is 0 Å². The maximum absolute atomic E-state index is 13.3. The van der Waals surface area contributed by atoms with Crippen LogP contribution in [0.25, 0.3) is 0 Å². The van der Waals surface area contributed by atoms with Crippen LogP contribution in [0.5, 0.6) is 0 Å². The van der Waals surface area contributed by atoms with E-state index >= 15 is 0 Å². The van der Waals surface area contributed by atoms with Gasteiger partial charge in [-0.15, -0.1) is 0 Å². The molecule has 0 aliphatic carbocycles. The van der Waals surface area contributed by atoms with Gasteiger partial charge < -0.3 is 10.4 Å². The highest BCUT2D eigenvalue weighted by Crippen LogP contribution is 2.26. The lowest BCUT2D eigenvalue weighted by Crippen LogP contribution is -2.09. The molecule has 2 N–H and O–H groups in total. The van der Waals surface area contributed by atoms with Gasteiger partial charge in [0, 0.05) is 16.8 Å². The molecular weight excluding hydrogens is 281 g/mol. The summed E-state index contributed by atoms with van der Waals surface area (Å²) >= 11 is 6.10. The first-order chi connectivity index (χ1) is 9.49. The highest BCUT2D eigenvalue weighted by molar-refractivity contribution is 6.31. The highest BCUT2D eigenvalue weighted by atomic mass is 35.5. The first-order valence-electron chi connectivity index (χ1n) is 6.03. The number of hydrogen-bond donors (Lipinski definition) is 2. The Balaban J connectivity index is 2.24. The van der Waals surface area contributed by atoms with Crippen LogP contribution < -0.4 is 5.32 Å². The molecule has 1 unspecified atom stereocenters. The largest absolute Gasteiger partial charge is 0.478 e. The molecule has 0 saturated carbocycles. The Morgan fingerprint density at radius 3 is 2.65 bits per heavy atom. The van der Waals surface area contributed by atoms with E-state index in [4.69, 9.17) is 16.7 Å². The van der Waals surface area contributed by atoms with Crippen LogP contribution in [0.1, 0.15) is 28.9 Å². The van der Waals surface area contributed by atoms with E-state index < -0.39 is 11.8 Å². The first-order valence-corrected chi connectivity index (χ1v) is 6.40. The van der Waals surface area contributed by atoms with Crippen molar-refractivity contribution >= 4 is 23.3 Å². The van der Waals surface area contributed by atoms with Gasteiger partial charge in [0.25, 0.3) is 0 Å². The van der Waals surface area contributed by atoms with E-state index in [-0.39, 0.29) is 11.6 Å². The summed E-state index contributed by atoms with van der Waals surface area (Å²) in [5.41, 5.74) is 1.05. The zero-order valence-corrected chi connectivity index (χ0v) is 11.5. The lowest BCUT2D eigenvalue weighted by molar-refractivity contribution is 0.0692. The second-order valence-electron chi connectivity index (χ2n) is 4.39. The fourth-order valence-electron chi connectivity index (χ4n) is 1.93. The number of hydrogen-bond acceptors (Lipinski definition) is 2. The van der Waals surface area contributed by atoms with Crippen LogP contribution in [0.15, 0.2) is 42.5 Å². The summed E-state index contributed by atoms with van der Waals surface area (Å²) in [6.07, 6.45) is 0. The molecule has 0 aromatic heterocycles. The molecule has 5 heteroatoms. The van der Waals surface area contributed by atoms with E-state index in [1.807, 2.05) is 25.1 Å². The number of carboxylic acids is 1. The lowest BCUT2D eigenvalue weighted by Gasteiger charge is -2.17. The predicted octanol–water partition coefficient (Wildman–Crippen LogP) is 4.35. The summed E-state index contributed by atoms with van der Waals surface area (Å²) in [7, 11) is 0. The normalized spacial score (nSPS) is 11.9. The second-order valence-corrected chi connectivity index (χ2v) is 4.79. The third-order valence-corrected chi connectivity index (χ3v) is 3.30. The molecule has 0 spiro atoms. The van der Waals surface area contributed by atoms with Crippen LogP contribution in [-0.4, -0.2) is 11.1 Å². The van der Waals surface area contributed by atoms with Gasteiger partial charge >= 0.3 is 5.97 Å². The minimum atomic E-state index is -1.29. The van der Waals surface area contributed by atoms with Crippen LogP contribution in [0.3, 0.4) is 0 Å². The average Bonchev–Trinajstić information content (AvgIpc) is 2.41. The molecule has 0 saturated heterocycles. The molecule has 0 radical (unpaired) electrons. The molecule has 104 valence electrons. The van der Waals surface area contributed by atoms with Crippen molar-refractivity contribution in [3.63, 3.8) is 0 Å². The van der Waals surface area contributed by atoms with Crippen molar-refractivity contribution in [3.05, 3.63) is 64.4 Å². The summed E-state index contributed by atoms with van der Waals surface area (Å²) in [6, 6.07) is 11.1. The molecule has 3 nitrogen and oxygen atoms in total. The van der Waals surface area contributed by atoms with Gasteiger partial charge in [-0.25, -0.2) is 9.18 Å². The van der Waals surface area contributed by atoms with Gasteiger partial charge in [-0.2, -0.15) is 0 Å². The number of nitrogens with one attached hydrogen (secondary N) is 1. The molecule has 0 bridgehead atoms. The molecule has 2 aromatic carbocycles. The maximum atomic E-state index is 13.3. The third-order valence-electron chi connectivity index (χ3n) is 2.95. The standard InChI is InChI=1S/C15H13ClFNO2/c1-9(11-4-2-3-5-13(11)16)18-10-6-7-14(17)12(8-10)15(19)20/h2-9,18H,1H3,(H,19,20). The second kappa shape index (κ2) is 5.92. The Labute approximate surface area is 121 Å². The maximum Gasteiger partial charge on any atom is 0.338 e. The molecule has 2 aromatic rings. The molecule has 0 fully saturated rings. The summed E-state index contributed by atoms with van der Waals surface area (Å²) in [5, 5.41) is 12.6. The number of carboxylic acid groups (broad SMARTS) is 1. The van der Waals surface area contributed by atoms with Crippen molar-refractivity contribution in [1.82, 2.24) is 0 Å². The Hall–Kier alpha value is -2.07. The predicted molar refractivity (Wildman–Crippen MR) is 76.8 cm³/mol. The van der Waals surface area contributed by atoms with Gasteiger partial charge in [0.05, 0.1) is 5.56 Å². The lowest BCUT2D eigenvalue weighted by atomic mass is 10.1. The SMILES string of the molecule is CC(Nc1ccc(F)c(C(=O)O)c1)c1ccccc1Cl. The van der Waals surface area contributed by atoms with Crippen molar-refractivity contribution in [1.29, 1.82) is 0 Å². The number of aromatic carboxylic acids is 1. The Kier molecular flexibility index (Phi) is 4.25. The molecular formula is C15H13ClFNO2. The molecule has 2 rings (SSSR count). The van der Waals surface area contributed by atoms with Crippen LogP contribution >= 0.6 is 11.6 Å². The van der Waals surface area contributed by atoms with Crippen molar-refractivity contribution in [2.45, 2.75) is 13.0 Å². The van der Waals surface area contributed by atoms with E-state index in [1.54, 1.807) is 6.07 Å². The minimum absolute atomic E-state index is 0.129. The molecule has 1 atom stereocenters. The molecule has 0 aliphatic heterocycles. The van der Waals surface area contributed by atoms with Crippen LogP contribution in [0.4, 0.5) is 10.1 Å². The minimum Gasteiger partial charge on any atom is -0.478 e. The van der Waals surface area contributed by atoms with Gasteiger partial charge in [0.15, 0.2) is 0 Å². The number of rotatable bonds is 4. The topological polar surface area (TPSA) is 49.3 Å². The molecule has 0 amide bonds. The first kappa shape index (κ1) is 14.3. The highest BCUT2D eigenvalue weighted by Gasteiger charge is 2.13. The summed E-state index contributed by atoms with van der Waals surface area (Å²) in [4.78, 5) is 10.9. The third kappa shape index (κ3) is 3.08. The smallest absolute Gasteiger partial charge is 0.338 e. The van der Waals surface area contributed by atoms with Gasteiger partial charge in [-0.3, -0.25) is 0 Å². The number of benzene rings is 2.